The van der Waals surface area contributed by atoms with Crippen LogP contribution in [0.3, 0.4) is 0 Å². The maximum atomic E-state index is 5.99. The number of thiophene rings is 1. The average molecular weight is 548 g/mol. The van der Waals surface area contributed by atoms with Crippen LogP contribution in [0, 0.1) is 0 Å². The van der Waals surface area contributed by atoms with Crippen LogP contribution in [0.25, 0.3) is 64.4 Å². The lowest BCUT2D eigenvalue weighted by molar-refractivity contribution is 0.669. The fourth-order valence-electron chi connectivity index (χ4n) is 5.47. The number of hydrogen-bond donors (Lipinski definition) is 1. The van der Waals surface area contributed by atoms with Gasteiger partial charge in [0.15, 0.2) is 0 Å². The number of para-hydroxylation sites is 1. The third-order valence-corrected chi connectivity index (χ3v) is 8.63. The Labute approximate surface area is 243 Å². The average Bonchev–Trinajstić information content (AvgIpc) is 3.60. The molecule has 1 N–H and O–H groups in total. The van der Waals surface area contributed by atoms with Crippen molar-refractivity contribution in [1.29, 1.82) is 0 Å². The number of rotatable bonds is 4. The molecule has 2 nitrogen and oxygen atoms in total. The van der Waals surface area contributed by atoms with Gasteiger partial charge in [0.1, 0.15) is 11.2 Å². The zero-order valence-electron chi connectivity index (χ0n) is 23.0. The lowest BCUT2D eigenvalue weighted by Gasteiger charge is -2.09. The highest BCUT2D eigenvalue weighted by Gasteiger charge is 2.09. The van der Waals surface area contributed by atoms with E-state index in [1.165, 1.54) is 42.4 Å². The number of hydrogen-bond acceptors (Lipinski definition) is 3. The highest BCUT2D eigenvalue weighted by atomic mass is 32.1. The molecular formula is C38H29NOS. The van der Waals surface area contributed by atoms with E-state index < -0.39 is 0 Å². The molecule has 198 valence electrons. The fourth-order valence-corrected chi connectivity index (χ4v) is 6.56. The number of benzene rings is 6. The Hall–Kier alpha value is -4.86. The van der Waals surface area contributed by atoms with Crippen molar-refractivity contribution in [3.63, 3.8) is 0 Å². The number of furan rings is 1. The van der Waals surface area contributed by atoms with E-state index >= 15 is 0 Å². The van der Waals surface area contributed by atoms with Crippen molar-refractivity contribution in [3.8, 4) is 22.3 Å². The zero-order valence-corrected chi connectivity index (χ0v) is 23.8. The maximum absolute atomic E-state index is 5.99. The van der Waals surface area contributed by atoms with Gasteiger partial charge in [-0.2, -0.15) is 0 Å². The summed E-state index contributed by atoms with van der Waals surface area (Å²) >= 11 is 1.86. The Balaban J connectivity index is 0.00000135. The predicted molar refractivity (Wildman–Crippen MR) is 179 cm³/mol. The fraction of sp³-hybridized carbons (Fsp3) is 0.0526. The van der Waals surface area contributed by atoms with Crippen molar-refractivity contribution in [2.24, 2.45) is 0 Å². The minimum atomic E-state index is 0.922. The van der Waals surface area contributed by atoms with E-state index in [4.69, 9.17) is 4.42 Å². The van der Waals surface area contributed by atoms with Crippen molar-refractivity contribution in [2.75, 3.05) is 5.32 Å². The van der Waals surface area contributed by atoms with Crippen molar-refractivity contribution < 1.29 is 4.42 Å². The first-order valence-corrected chi connectivity index (χ1v) is 14.9. The molecule has 0 atom stereocenters. The molecule has 0 amide bonds. The Morgan fingerprint density at radius 1 is 0.439 bits per heavy atom. The van der Waals surface area contributed by atoms with E-state index in [1.807, 2.05) is 37.3 Å². The number of anilines is 2. The molecule has 8 rings (SSSR count). The maximum Gasteiger partial charge on any atom is 0.135 e. The second-order valence-electron chi connectivity index (χ2n) is 9.90. The van der Waals surface area contributed by atoms with Gasteiger partial charge < -0.3 is 9.73 Å². The first-order valence-electron chi connectivity index (χ1n) is 14.1. The lowest BCUT2D eigenvalue weighted by Crippen LogP contribution is -1.90. The summed E-state index contributed by atoms with van der Waals surface area (Å²) < 4.78 is 8.66. The van der Waals surface area contributed by atoms with Gasteiger partial charge >= 0.3 is 0 Å². The molecule has 41 heavy (non-hydrogen) atoms. The number of nitrogens with one attached hydrogen (secondary N) is 1. The van der Waals surface area contributed by atoms with Gasteiger partial charge in [-0.3, -0.25) is 0 Å². The molecule has 0 saturated heterocycles. The summed E-state index contributed by atoms with van der Waals surface area (Å²) in [4.78, 5) is 0. The van der Waals surface area contributed by atoms with E-state index in [0.29, 0.717) is 0 Å². The minimum absolute atomic E-state index is 0.922. The smallest absolute Gasteiger partial charge is 0.135 e. The van der Waals surface area contributed by atoms with Crippen LogP contribution in [-0.2, 0) is 0 Å². The first-order chi connectivity index (χ1) is 20.3. The van der Waals surface area contributed by atoms with Crippen LogP contribution in [0.5, 0.6) is 0 Å². The van der Waals surface area contributed by atoms with E-state index in [1.54, 1.807) is 0 Å². The van der Waals surface area contributed by atoms with Crippen molar-refractivity contribution in [1.82, 2.24) is 0 Å². The molecule has 0 aliphatic carbocycles. The summed E-state index contributed by atoms with van der Waals surface area (Å²) in [7, 11) is 0. The van der Waals surface area contributed by atoms with Gasteiger partial charge in [0, 0.05) is 42.3 Å². The Kier molecular flexibility index (Phi) is 6.50. The summed E-state index contributed by atoms with van der Waals surface area (Å²) in [6.07, 6.45) is 0. The molecule has 0 fully saturated rings. The van der Waals surface area contributed by atoms with Gasteiger partial charge in [-0.15, -0.1) is 11.3 Å². The van der Waals surface area contributed by atoms with Crippen molar-refractivity contribution in [3.05, 3.63) is 133 Å². The summed E-state index contributed by atoms with van der Waals surface area (Å²) in [5.74, 6) is 0. The van der Waals surface area contributed by atoms with Gasteiger partial charge in [0.05, 0.1) is 0 Å². The van der Waals surface area contributed by atoms with E-state index in [-0.39, 0.29) is 0 Å². The van der Waals surface area contributed by atoms with E-state index in [2.05, 4.69) is 127 Å². The second-order valence-corrected chi connectivity index (χ2v) is 11.0. The molecule has 2 heterocycles. The number of fused-ring (bicyclic) bond motifs is 6. The Bertz CT molecular complexity index is 1980. The molecule has 6 aromatic carbocycles. The monoisotopic (exact) mass is 547 g/mol. The molecule has 2 aromatic heterocycles. The van der Waals surface area contributed by atoms with Crippen LogP contribution in [0.4, 0.5) is 11.4 Å². The molecule has 0 spiro atoms. The van der Waals surface area contributed by atoms with Gasteiger partial charge in [0.2, 0.25) is 0 Å². The highest BCUT2D eigenvalue weighted by molar-refractivity contribution is 7.25. The minimum Gasteiger partial charge on any atom is -0.456 e. The van der Waals surface area contributed by atoms with Crippen LogP contribution in [0.1, 0.15) is 13.8 Å². The summed E-state index contributed by atoms with van der Waals surface area (Å²) in [6.45, 7) is 4.00. The van der Waals surface area contributed by atoms with Crippen LogP contribution in [0.15, 0.2) is 138 Å². The highest BCUT2D eigenvalue weighted by Crippen LogP contribution is 2.37. The van der Waals surface area contributed by atoms with Gasteiger partial charge in [-0.1, -0.05) is 86.6 Å². The van der Waals surface area contributed by atoms with Gasteiger partial charge in [0.25, 0.3) is 0 Å². The third-order valence-electron chi connectivity index (χ3n) is 7.48. The van der Waals surface area contributed by atoms with Crippen LogP contribution >= 0.6 is 11.3 Å². The van der Waals surface area contributed by atoms with Crippen LogP contribution in [0.2, 0.25) is 0 Å². The zero-order chi connectivity index (χ0) is 27.8. The topological polar surface area (TPSA) is 25.2 Å². The molecule has 3 heteroatoms. The standard InChI is InChI=1S/C36H23NOS.C2H6/c1-3-7-33-29(5-1)31-21-25(13-19-34(31)38-33)23-9-15-27(16-10-23)37-28-17-11-24(12-18-28)26-14-20-36-32(22-26)30-6-2-4-8-35(30)39-36;1-2/h1-22,37H;1-2H3. The van der Waals surface area contributed by atoms with Gasteiger partial charge in [-0.25, -0.2) is 0 Å². The van der Waals surface area contributed by atoms with E-state index in [0.717, 1.165) is 33.3 Å². The molecule has 0 radical (unpaired) electrons. The Morgan fingerprint density at radius 3 is 1.66 bits per heavy atom. The normalized spacial score (nSPS) is 11.2. The largest absolute Gasteiger partial charge is 0.456 e. The molecule has 8 aromatic rings. The molecule has 0 saturated carbocycles. The van der Waals surface area contributed by atoms with Gasteiger partial charge in [-0.05, 0) is 82.9 Å². The van der Waals surface area contributed by atoms with Crippen molar-refractivity contribution in [2.45, 2.75) is 13.8 Å². The van der Waals surface area contributed by atoms with Crippen molar-refractivity contribution >= 4 is 64.8 Å². The first kappa shape index (κ1) is 25.1. The Morgan fingerprint density at radius 2 is 0.951 bits per heavy atom. The van der Waals surface area contributed by atoms with E-state index in [9.17, 15) is 0 Å². The second kappa shape index (κ2) is 10.6. The summed E-state index contributed by atoms with van der Waals surface area (Å²) in [5, 5.41) is 8.51. The lowest BCUT2D eigenvalue weighted by atomic mass is 10.0. The van der Waals surface area contributed by atoms with Crippen LogP contribution in [-0.4, -0.2) is 0 Å². The van der Waals surface area contributed by atoms with Crippen LogP contribution < -0.4 is 5.32 Å². The third kappa shape index (κ3) is 4.65. The molecule has 0 aliphatic heterocycles. The molecule has 0 unspecified atom stereocenters. The summed E-state index contributed by atoms with van der Waals surface area (Å²) in [6, 6.07) is 47.3. The SMILES string of the molecule is CC.c1ccc2c(c1)oc1ccc(-c3ccc(Nc4ccc(-c5ccc6sc7ccccc7c6c5)cc4)cc3)cc12. The predicted octanol–water partition coefficient (Wildman–Crippen LogP) is 12.1. The quantitative estimate of drug-likeness (QED) is 0.237. The molecular weight excluding hydrogens is 518 g/mol. The molecule has 0 bridgehead atoms. The molecule has 0 aliphatic rings. The summed E-state index contributed by atoms with van der Waals surface area (Å²) in [5.41, 5.74) is 8.80.